The summed E-state index contributed by atoms with van der Waals surface area (Å²) in [5.74, 6) is -0.524. The molecule has 0 radical (unpaired) electrons. The van der Waals surface area contributed by atoms with Crippen LogP contribution in [-0.4, -0.2) is 46.7 Å². The fourth-order valence-electron chi connectivity index (χ4n) is 2.98. The molecule has 6 nitrogen and oxygen atoms in total. The molecule has 130 valence electrons. The number of nitrogens with two attached hydrogens (primary N) is 1. The van der Waals surface area contributed by atoms with E-state index in [1.165, 1.54) is 0 Å². The van der Waals surface area contributed by atoms with Crippen LogP contribution in [0, 0.1) is 0 Å². The Morgan fingerprint density at radius 1 is 1.21 bits per heavy atom. The van der Waals surface area contributed by atoms with E-state index in [2.05, 4.69) is 0 Å². The van der Waals surface area contributed by atoms with E-state index in [9.17, 15) is 14.4 Å². The number of carbonyl (C=O) groups excluding carboxylic acids is 3. The first-order chi connectivity index (χ1) is 11.5. The van der Waals surface area contributed by atoms with E-state index < -0.39 is 5.91 Å². The summed E-state index contributed by atoms with van der Waals surface area (Å²) in [6.45, 7) is 3.49. The molecular formula is C18H25N3O3. The van der Waals surface area contributed by atoms with E-state index >= 15 is 0 Å². The molecule has 24 heavy (non-hydrogen) atoms. The third-order valence-electron chi connectivity index (χ3n) is 4.39. The number of primary amides is 1. The quantitative estimate of drug-likeness (QED) is 0.852. The van der Waals surface area contributed by atoms with Crippen molar-refractivity contribution < 1.29 is 14.4 Å². The van der Waals surface area contributed by atoms with Crippen LogP contribution in [0.25, 0.3) is 0 Å². The molecule has 1 aromatic rings. The average Bonchev–Trinajstić information content (AvgIpc) is 2.73. The minimum absolute atomic E-state index is 0.0160. The van der Waals surface area contributed by atoms with Crippen molar-refractivity contribution in [3.63, 3.8) is 0 Å². The van der Waals surface area contributed by atoms with Crippen molar-refractivity contribution >= 4 is 17.7 Å². The van der Waals surface area contributed by atoms with Crippen molar-refractivity contribution in [2.45, 2.75) is 45.2 Å². The van der Waals surface area contributed by atoms with Gasteiger partial charge in [0.25, 0.3) is 0 Å². The molecule has 6 heteroatoms. The minimum atomic E-state index is -0.480. The van der Waals surface area contributed by atoms with Gasteiger partial charge in [-0.1, -0.05) is 37.3 Å². The van der Waals surface area contributed by atoms with Gasteiger partial charge in [-0.15, -0.1) is 0 Å². The Morgan fingerprint density at radius 3 is 2.54 bits per heavy atom. The molecule has 1 aliphatic rings. The van der Waals surface area contributed by atoms with Crippen molar-refractivity contribution in [2.75, 3.05) is 13.1 Å². The molecule has 0 aromatic heterocycles. The topological polar surface area (TPSA) is 83.7 Å². The molecule has 1 aliphatic heterocycles. The highest BCUT2D eigenvalue weighted by molar-refractivity contribution is 5.84. The summed E-state index contributed by atoms with van der Waals surface area (Å²) in [7, 11) is 0. The van der Waals surface area contributed by atoms with Gasteiger partial charge in [-0.25, -0.2) is 0 Å². The SMILES string of the molecule is CCC1CN(C(=O)CCC(N)=O)CCC(=O)N1Cc1ccccc1. The highest BCUT2D eigenvalue weighted by Crippen LogP contribution is 2.18. The molecule has 1 saturated heterocycles. The molecule has 1 fully saturated rings. The van der Waals surface area contributed by atoms with Crippen LogP contribution >= 0.6 is 0 Å². The van der Waals surface area contributed by atoms with Crippen LogP contribution < -0.4 is 5.73 Å². The van der Waals surface area contributed by atoms with E-state index in [0.29, 0.717) is 26.1 Å². The van der Waals surface area contributed by atoms with Gasteiger partial charge in [-0.2, -0.15) is 0 Å². The van der Waals surface area contributed by atoms with Crippen LogP contribution in [0.15, 0.2) is 30.3 Å². The number of amides is 3. The van der Waals surface area contributed by atoms with Crippen molar-refractivity contribution in [1.82, 2.24) is 9.80 Å². The van der Waals surface area contributed by atoms with Gasteiger partial charge in [-0.05, 0) is 12.0 Å². The third-order valence-corrected chi connectivity index (χ3v) is 4.39. The van der Waals surface area contributed by atoms with Gasteiger partial charge in [0, 0.05) is 44.9 Å². The second-order valence-electron chi connectivity index (χ2n) is 6.13. The van der Waals surface area contributed by atoms with Crippen LogP contribution in [0.2, 0.25) is 0 Å². The zero-order valence-corrected chi connectivity index (χ0v) is 14.1. The Kier molecular flexibility index (Phi) is 6.35. The lowest BCUT2D eigenvalue weighted by Gasteiger charge is -2.31. The molecule has 1 atom stereocenters. The predicted octanol–water partition coefficient (Wildman–Crippen LogP) is 1.29. The first-order valence-corrected chi connectivity index (χ1v) is 8.40. The largest absolute Gasteiger partial charge is 0.370 e. The minimum Gasteiger partial charge on any atom is -0.370 e. The molecule has 0 saturated carbocycles. The van der Waals surface area contributed by atoms with Gasteiger partial charge in [-0.3, -0.25) is 14.4 Å². The van der Waals surface area contributed by atoms with Gasteiger partial charge in [0.1, 0.15) is 0 Å². The third kappa shape index (κ3) is 4.81. The van der Waals surface area contributed by atoms with Crippen LogP contribution in [0.1, 0.15) is 38.2 Å². The van der Waals surface area contributed by atoms with Crippen LogP contribution in [0.4, 0.5) is 0 Å². The summed E-state index contributed by atoms with van der Waals surface area (Å²) < 4.78 is 0. The first kappa shape index (κ1) is 18.0. The van der Waals surface area contributed by atoms with Gasteiger partial charge >= 0.3 is 0 Å². The zero-order chi connectivity index (χ0) is 17.5. The zero-order valence-electron chi connectivity index (χ0n) is 14.1. The number of hydrogen-bond acceptors (Lipinski definition) is 3. The maximum atomic E-state index is 12.5. The van der Waals surface area contributed by atoms with Gasteiger partial charge in [0.15, 0.2) is 0 Å². The van der Waals surface area contributed by atoms with Crippen molar-refractivity contribution in [3.05, 3.63) is 35.9 Å². The summed E-state index contributed by atoms with van der Waals surface area (Å²) >= 11 is 0. The highest BCUT2D eigenvalue weighted by atomic mass is 16.2. The number of benzene rings is 1. The fraction of sp³-hybridized carbons (Fsp3) is 0.500. The second kappa shape index (κ2) is 8.47. The molecule has 2 rings (SSSR count). The lowest BCUT2D eigenvalue weighted by atomic mass is 10.1. The summed E-state index contributed by atoms with van der Waals surface area (Å²) in [6, 6.07) is 9.85. The Hall–Kier alpha value is -2.37. The molecule has 0 aliphatic carbocycles. The Balaban J connectivity index is 2.07. The van der Waals surface area contributed by atoms with Crippen molar-refractivity contribution in [2.24, 2.45) is 5.73 Å². The van der Waals surface area contributed by atoms with Gasteiger partial charge < -0.3 is 15.5 Å². The molecule has 3 amide bonds. The molecule has 1 unspecified atom stereocenters. The lowest BCUT2D eigenvalue weighted by molar-refractivity contribution is -0.134. The summed E-state index contributed by atoms with van der Waals surface area (Å²) in [6.07, 6.45) is 1.25. The smallest absolute Gasteiger partial charge is 0.224 e. The number of carbonyl (C=O) groups is 3. The van der Waals surface area contributed by atoms with Crippen LogP contribution in [-0.2, 0) is 20.9 Å². The monoisotopic (exact) mass is 331 g/mol. The number of nitrogens with zero attached hydrogens (tertiary/aromatic N) is 2. The standard InChI is InChI=1S/C18H25N3O3/c1-2-15-13-20(17(23)9-8-16(19)22)11-10-18(24)21(15)12-14-6-4-3-5-7-14/h3-7,15H,2,8-13H2,1H3,(H2,19,22). The molecule has 2 N–H and O–H groups in total. The fourth-order valence-corrected chi connectivity index (χ4v) is 2.98. The first-order valence-electron chi connectivity index (χ1n) is 8.40. The summed E-state index contributed by atoms with van der Waals surface area (Å²) in [5.41, 5.74) is 6.19. The van der Waals surface area contributed by atoms with E-state index in [0.717, 1.165) is 12.0 Å². The van der Waals surface area contributed by atoms with E-state index in [1.54, 1.807) is 4.90 Å². The van der Waals surface area contributed by atoms with Gasteiger partial charge in [0.05, 0.1) is 0 Å². The number of rotatable bonds is 6. The van der Waals surface area contributed by atoms with E-state index in [-0.39, 0.29) is 30.7 Å². The van der Waals surface area contributed by atoms with Crippen LogP contribution in [0.3, 0.4) is 0 Å². The van der Waals surface area contributed by atoms with Crippen LogP contribution in [0.5, 0.6) is 0 Å². The van der Waals surface area contributed by atoms with Crippen molar-refractivity contribution in [3.8, 4) is 0 Å². The molecular weight excluding hydrogens is 306 g/mol. The summed E-state index contributed by atoms with van der Waals surface area (Å²) in [5, 5.41) is 0. The van der Waals surface area contributed by atoms with Gasteiger partial charge in [0.2, 0.25) is 17.7 Å². The normalized spacial score (nSPS) is 18.4. The Bertz CT molecular complexity index is 588. The Labute approximate surface area is 142 Å². The van der Waals surface area contributed by atoms with Crippen molar-refractivity contribution in [1.29, 1.82) is 0 Å². The van der Waals surface area contributed by atoms with E-state index in [1.807, 2.05) is 42.2 Å². The maximum absolute atomic E-state index is 12.5. The Morgan fingerprint density at radius 2 is 1.92 bits per heavy atom. The molecule has 0 bridgehead atoms. The highest BCUT2D eigenvalue weighted by Gasteiger charge is 2.30. The maximum Gasteiger partial charge on any atom is 0.224 e. The number of hydrogen-bond donors (Lipinski definition) is 1. The average molecular weight is 331 g/mol. The molecule has 0 spiro atoms. The molecule has 1 heterocycles. The predicted molar refractivity (Wildman–Crippen MR) is 90.7 cm³/mol. The summed E-state index contributed by atoms with van der Waals surface area (Å²) in [4.78, 5) is 39.3. The van der Waals surface area contributed by atoms with E-state index in [4.69, 9.17) is 5.73 Å². The molecule has 1 aromatic carbocycles. The lowest BCUT2D eigenvalue weighted by Crippen LogP contribution is -2.43. The second-order valence-corrected chi connectivity index (χ2v) is 6.13.